The predicted octanol–water partition coefficient (Wildman–Crippen LogP) is -0.192. The molecule has 0 spiro atoms. The molecule has 2 amide bonds. The molecule has 0 fully saturated rings. The van der Waals surface area contributed by atoms with Crippen molar-refractivity contribution in [1.29, 1.82) is 0 Å². The number of amides is 2. The van der Waals surface area contributed by atoms with Crippen LogP contribution in [0.3, 0.4) is 0 Å². The lowest BCUT2D eigenvalue weighted by Crippen LogP contribution is -2.31. The van der Waals surface area contributed by atoms with Crippen LogP contribution in [0.2, 0.25) is 0 Å². The third-order valence-corrected chi connectivity index (χ3v) is 1.45. The van der Waals surface area contributed by atoms with Crippen LogP contribution in [-0.4, -0.2) is 34.3 Å². The van der Waals surface area contributed by atoms with Gasteiger partial charge in [-0.05, 0) is 0 Å². The largest absolute Gasteiger partial charge is 0.481 e. The number of carbonyl (C=O) groups is 3. The fraction of sp³-hybridized carbons (Fsp3) is 0.286. The zero-order valence-electron chi connectivity index (χ0n) is 6.60. The minimum absolute atomic E-state index is 0. The van der Waals surface area contributed by atoms with Crippen molar-refractivity contribution in [2.24, 2.45) is 0 Å². The SMILES string of the molecule is Cl.O=C(O)CCN1C(=O)C=CC1=O. The van der Waals surface area contributed by atoms with Crippen LogP contribution in [0.15, 0.2) is 12.2 Å². The van der Waals surface area contributed by atoms with E-state index in [1.54, 1.807) is 0 Å². The molecule has 0 saturated carbocycles. The lowest BCUT2D eigenvalue weighted by atomic mass is 10.4. The van der Waals surface area contributed by atoms with Gasteiger partial charge in [-0.1, -0.05) is 0 Å². The molecule has 1 aliphatic rings. The molecule has 0 saturated heterocycles. The number of aliphatic carboxylic acids is 1. The minimum atomic E-state index is -1.03. The highest BCUT2D eigenvalue weighted by molar-refractivity contribution is 6.12. The Bertz CT molecular complexity index is 256. The van der Waals surface area contributed by atoms with Gasteiger partial charge in [0.05, 0.1) is 6.42 Å². The van der Waals surface area contributed by atoms with Crippen molar-refractivity contribution in [3.05, 3.63) is 12.2 Å². The average molecular weight is 206 g/mol. The normalized spacial score (nSPS) is 14.6. The topological polar surface area (TPSA) is 74.7 Å². The Morgan fingerprint density at radius 3 is 2.15 bits per heavy atom. The second kappa shape index (κ2) is 4.61. The summed E-state index contributed by atoms with van der Waals surface area (Å²) in [7, 11) is 0. The second-order valence-electron chi connectivity index (χ2n) is 2.31. The molecule has 1 aliphatic heterocycles. The van der Waals surface area contributed by atoms with E-state index in [-0.39, 0.29) is 25.4 Å². The quantitative estimate of drug-likeness (QED) is 0.648. The molecule has 72 valence electrons. The fourth-order valence-electron chi connectivity index (χ4n) is 0.859. The number of carboxylic acids is 1. The smallest absolute Gasteiger partial charge is 0.305 e. The van der Waals surface area contributed by atoms with Crippen LogP contribution in [0.5, 0.6) is 0 Å². The monoisotopic (exact) mass is 205 g/mol. The van der Waals surface area contributed by atoms with Gasteiger partial charge in [-0.25, -0.2) is 0 Å². The van der Waals surface area contributed by atoms with E-state index in [1.807, 2.05) is 0 Å². The number of imide groups is 1. The number of carboxylic acid groups (broad SMARTS) is 1. The zero-order chi connectivity index (χ0) is 9.14. The Morgan fingerprint density at radius 1 is 1.31 bits per heavy atom. The van der Waals surface area contributed by atoms with Gasteiger partial charge in [0.2, 0.25) is 0 Å². The van der Waals surface area contributed by atoms with Crippen molar-refractivity contribution in [1.82, 2.24) is 4.90 Å². The van der Waals surface area contributed by atoms with Crippen LogP contribution < -0.4 is 0 Å². The van der Waals surface area contributed by atoms with Gasteiger partial charge in [0.1, 0.15) is 0 Å². The molecule has 1 N–H and O–H groups in total. The third-order valence-electron chi connectivity index (χ3n) is 1.45. The minimum Gasteiger partial charge on any atom is -0.481 e. The van der Waals surface area contributed by atoms with Gasteiger partial charge in [0.15, 0.2) is 0 Å². The van der Waals surface area contributed by atoms with Gasteiger partial charge >= 0.3 is 5.97 Å². The summed E-state index contributed by atoms with van der Waals surface area (Å²) >= 11 is 0. The first-order chi connectivity index (χ1) is 5.61. The molecule has 0 aromatic rings. The maximum absolute atomic E-state index is 10.8. The fourth-order valence-corrected chi connectivity index (χ4v) is 0.859. The van der Waals surface area contributed by atoms with Crippen LogP contribution in [0.4, 0.5) is 0 Å². The van der Waals surface area contributed by atoms with Crippen LogP contribution in [0, 0.1) is 0 Å². The molecule has 0 radical (unpaired) electrons. The molecule has 0 aromatic heterocycles. The first-order valence-electron chi connectivity index (χ1n) is 3.36. The summed E-state index contributed by atoms with van der Waals surface area (Å²) in [5, 5.41) is 8.28. The van der Waals surface area contributed by atoms with Crippen molar-refractivity contribution < 1.29 is 19.5 Å². The van der Waals surface area contributed by atoms with E-state index in [0.29, 0.717) is 0 Å². The van der Waals surface area contributed by atoms with Crippen molar-refractivity contribution in [2.45, 2.75) is 6.42 Å². The summed E-state index contributed by atoms with van der Waals surface area (Å²) in [6, 6.07) is 0. The van der Waals surface area contributed by atoms with E-state index < -0.39 is 17.8 Å². The molecule has 0 aromatic carbocycles. The van der Waals surface area contributed by atoms with E-state index in [9.17, 15) is 14.4 Å². The molecule has 1 rings (SSSR count). The molecule has 0 aliphatic carbocycles. The predicted molar refractivity (Wildman–Crippen MR) is 45.4 cm³/mol. The highest BCUT2D eigenvalue weighted by atomic mass is 35.5. The summed E-state index contributed by atoms with van der Waals surface area (Å²) in [6.07, 6.45) is 2.05. The number of hydrogen-bond acceptors (Lipinski definition) is 3. The summed E-state index contributed by atoms with van der Waals surface area (Å²) < 4.78 is 0. The number of halogens is 1. The molecule has 0 bridgehead atoms. The Kier molecular flexibility index (Phi) is 4.13. The average Bonchev–Trinajstić information content (AvgIpc) is 2.28. The lowest BCUT2D eigenvalue weighted by Gasteiger charge is -2.10. The van der Waals surface area contributed by atoms with Crippen LogP contribution >= 0.6 is 12.4 Å². The van der Waals surface area contributed by atoms with Gasteiger partial charge in [-0.3, -0.25) is 19.3 Å². The number of nitrogens with zero attached hydrogens (tertiary/aromatic N) is 1. The highest BCUT2D eigenvalue weighted by Crippen LogP contribution is 2.03. The van der Waals surface area contributed by atoms with E-state index in [4.69, 9.17) is 5.11 Å². The van der Waals surface area contributed by atoms with Crippen molar-refractivity contribution in [3.63, 3.8) is 0 Å². The maximum atomic E-state index is 10.8. The van der Waals surface area contributed by atoms with Crippen LogP contribution in [0.1, 0.15) is 6.42 Å². The number of hydrogen-bond donors (Lipinski definition) is 1. The highest BCUT2D eigenvalue weighted by Gasteiger charge is 2.23. The summed E-state index contributed by atoms with van der Waals surface area (Å²) in [6.45, 7) is -0.0556. The van der Waals surface area contributed by atoms with Crippen LogP contribution in [0.25, 0.3) is 0 Å². The van der Waals surface area contributed by atoms with Gasteiger partial charge in [0.25, 0.3) is 11.8 Å². The maximum Gasteiger partial charge on any atom is 0.305 e. The molecular formula is C7H8ClNO4. The zero-order valence-corrected chi connectivity index (χ0v) is 7.41. The molecule has 5 nitrogen and oxygen atoms in total. The van der Waals surface area contributed by atoms with Gasteiger partial charge in [0, 0.05) is 18.7 Å². The van der Waals surface area contributed by atoms with Gasteiger partial charge in [-0.15, -0.1) is 12.4 Å². The van der Waals surface area contributed by atoms with E-state index in [2.05, 4.69) is 0 Å². The molecule has 1 heterocycles. The van der Waals surface area contributed by atoms with Crippen molar-refractivity contribution in [3.8, 4) is 0 Å². The first-order valence-corrected chi connectivity index (χ1v) is 3.36. The molecule has 0 atom stereocenters. The Hall–Kier alpha value is -1.36. The van der Waals surface area contributed by atoms with Crippen molar-refractivity contribution in [2.75, 3.05) is 6.54 Å². The Balaban J connectivity index is 0.00000144. The summed E-state index contributed by atoms with van der Waals surface area (Å²) in [4.78, 5) is 32.6. The number of rotatable bonds is 3. The molecule has 0 unspecified atom stereocenters. The molecule has 6 heteroatoms. The second-order valence-corrected chi connectivity index (χ2v) is 2.31. The van der Waals surface area contributed by atoms with E-state index in [0.717, 1.165) is 17.1 Å². The third kappa shape index (κ3) is 2.87. The first kappa shape index (κ1) is 11.6. The van der Waals surface area contributed by atoms with E-state index in [1.165, 1.54) is 0 Å². The summed E-state index contributed by atoms with van der Waals surface area (Å²) in [5.41, 5.74) is 0. The lowest BCUT2D eigenvalue weighted by molar-refractivity contribution is -0.140. The van der Waals surface area contributed by atoms with Crippen molar-refractivity contribution >= 4 is 30.2 Å². The standard InChI is InChI=1S/C7H7NO4.ClH/c9-5-1-2-6(10)8(5)4-3-7(11)12;/h1-2H,3-4H2,(H,11,12);1H. The van der Waals surface area contributed by atoms with E-state index >= 15 is 0 Å². The summed E-state index contributed by atoms with van der Waals surface area (Å²) in [5.74, 6) is -1.91. The number of carbonyl (C=O) groups excluding carboxylic acids is 2. The van der Waals surface area contributed by atoms with Gasteiger partial charge in [-0.2, -0.15) is 0 Å². The molecular weight excluding hydrogens is 198 g/mol. The Labute approximate surface area is 80.4 Å². The van der Waals surface area contributed by atoms with Gasteiger partial charge < -0.3 is 5.11 Å². The molecule has 13 heavy (non-hydrogen) atoms. The van der Waals surface area contributed by atoms with Crippen LogP contribution in [-0.2, 0) is 14.4 Å². The Morgan fingerprint density at radius 2 is 1.77 bits per heavy atom.